The normalized spacial score (nSPS) is 19.6. The number of hydrogen-bond acceptors (Lipinski definition) is 2. The van der Waals surface area contributed by atoms with Gasteiger partial charge in [0.05, 0.1) is 0 Å². The molecule has 0 aromatic heterocycles. The second-order valence-electron chi connectivity index (χ2n) is 4.81. The SMILES string of the molecule is Cc1ccccc1CCC(=O)N1CC[C@H](N)C1. The highest BCUT2D eigenvalue weighted by Gasteiger charge is 2.22. The number of amides is 1. The molecular weight excluding hydrogens is 212 g/mol. The summed E-state index contributed by atoms with van der Waals surface area (Å²) in [6.07, 6.45) is 2.37. The largest absolute Gasteiger partial charge is 0.341 e. The molecule has 0 spiro atoms. The van der Waals surface area contributed by atoms with Gasteiger partial charge in [-0.2, -0.15) is 0 Å². The standard InChI is InChI=1S/C14H20N2O/c1-11-4-2-3-5-12(11)6-7-14(17)16-9-8-13(15)10-16/h2-5,13H,6-10,15H2,1H3/t13-/m0/s1. The lowest BCUT2D eigenvalue weighted by Gasteiger charge is -2.15. The van der Waals surface area contributed by atoms with Gasteiger partial charge in [0.25, 0.3) is 0 Å². The van der Waals surface area contributed by atoms with E-state index in [0.29, 0.717) is 6.42 Å². The maximum absolute atomic E-state index is 11.9. The van der Waals surface area contributed by atoms with Crippen LogP contribution in [-0.2, 0) is 11.2 Å². The molecule has 1 aliphatic heterocycles. The van der Waals surface area contributed by atoms with E-state index >= 15 is 0 Å². The van der Waals surface area contributed by atoms with Crippen molar-refractivity contribution < 1.29 is 4.79 Å². The fourth-order valence-electron chi connectivity index (χ4n) is 2.30. The van der Waals surface area contributed by atoms with Crippen molar-refractivity contribution in [2.24, 2.45) is 5.73 Å². The van der Waals surface area contributed by atoms with Gasteiger partial charge in [-0.25, -0.2) is 0 Å². The van der Waals surface area contributed by atoms with Gasteiger partial charge in [-0.05, 0) is 30.9 Å². The number of benzene rings is 1. The summed E-state index contributed by atoms with van der Waals surface area (Å²) in [4.78, 5) is 13.8. The van der Waals surface area contributed by atoms with Crippen LogP contribution in [0.15, 0.2) is 24.3 Å². The molecule has 0 saturated carbocycles. The second-order valence-corrected chi connectivity index (χ2v) is 4.81. The van der Waals surface area contributed by atoms with Crippen molar-refractivity contribution in [3.63, 3.8) is 0 Å². The van der Waals surface area contributed by atoms with Gasteiger partial charge in [0.1, 0.15) is 0 Å². The summed E-state index contributed by atoms with van der Waals surface area (Å²) in [5.41, 5.74) is 8.33. The van der Waals surface area contributed by atoms with Crippen LogP contribution in [0.1, 0.15) is 24.0 Å². The zero-order valence-corrected chi connectivity index (χ0v) is 10.4. The molecular formula is C14H20N2O. The van der Waals surface area contributed by atoms with E-state index in [4.69, 9.17) is 5.73 Å². The Labute approximate surface area is 103 Å². The van der Waals surface area contributed by atoms with Crippen molar-refractivity contribution in [3.8, 4) is 0 Å². The van der Waals surface area contributed by atoms with Gasteiger partial charge in [0.15, 0.2) is 0 Å². The lowest BCUT2D eigenvalue weighted by atomic mass is 10.0. The van der Waals surface area contributed by atoms with Crippen molar-refractivity contribution in [2.75, 3.05) is 13.1 Å². The van der Waals surface area contributed by atoms with E-state index in [-0.39, 0.29) is 11.9 Å². The van der Waals surface area contributed by atoms with Gasteiger partial charge < -0.3 is 10.6 Å². The number of hydrogen-bond donors (Lipinski definition) is 1. The predicted octanol–water partition coefficient (Wildman–Crippen LogP) is 1.49. The van der Waals surface area contributed by atoms with Crippen LogP contribution in [0.4, 0.5) is 0 Å². The Kier molecular flexibility index (Phi) is 3.79. The predicted molar refractivity (Wildman–Crippen MR) is 68.7 cm³/mol. The van der Waals surface area contributed by atoms with E-state index in [0.717, 1.165) is 25.9 Å². The summed E-state index contributed by atoms with van der Waals surface area (Å²) in [5, 5.41) is 0. The van der Waals surface area contributed by atoms with E-state index in [9.17, 15) is 4.79 Å². The lowest BCUT2D eigenvalue weighted by Crippen LogP contribution is -2.32. The smallest absolute Gasteiger partial charge is 0.222 e. The molecule has 1 amide bonds. The number of rotatable bonds is 3. The molecule has 3 nitrogen and oxygen atoms in total. The quantitative estimate of drug-likeness (QED) is 0.858. The fourth-order valence-corrected chi connectivity index (χ4v) is 2.30. The van der Waals surface area contributed by atoms with Crippen LogP contribution in [0.2, 0.25) is 0 Å². The molecule has 1 fully saturated rings. The molecule has 1 aliphatic rings. The van der Waals surface area contributed by atoms with Gasteiger partial charge in [0, 0.05) is 25.6 Å². The van der Waals surface area contributed by atoms with Gasteiger partial charge in [-0.15, -0.1) is 0 Å². The number of likely N-dealkylation sites (tertiary alicyclic amines) is 1. The van der Waals surface area contributed by atoms with Crippen LogP contribution in [-0.4, -0.2) is 29.9 Å². The Bertz CT molecular complexity index is 403. The molecule has 92 valence electrons. The van der Waals surface area contributed by atoms with Crippen molar-refractivity contribution >= 4 is 5.91 Å². The Hall–Kier alpha value is -1.35. The molecule has 1 saturated heterocycles. The molecule has 1 aromatic rings. The summed E-state index contributed by atoms with van der Waals surface area (Å²) in [7, 11) is 0. The van der Waals surface area contributed by atoms with Crippen molar-refractivity contribution in [1.82, 2.24) is 4.90 Å². The van der Waals surface area contributed by atoms with Crippen LogP contribution in [0, 0.1) is 6.92 Å². The van der Waals surface area contributed by atoms with Gasteiger partial charge in [0.2, 0.25) is 5.91 Å². The Morgan fingerprint density at radius 2 is 2.24 bits per heavy atom. The molecule has 3 heteroatoms. The minimum atomic E-state index is 0.178. The first-order valence-electron chi connectivity index (χ1n) is 6.24. The van der Waals surface area contributed by atoms with Crippen LogP contribution in [0.25, 0.3) is 0 Å². The molecule has 0 radical (unpaired) electrons. The molecule has 1 aromatic carbocycles. The monoisotopic (exact) mass is 232 g/mol. The highest BCUT2D eigenvalue weighted by atomic mass is 16.2. The molecule has 2 rings (SSSR count). The van der Waals surface area contributed by atoms with Crippen molar-refractivity contribution in [1.29, 1.82) is 0 Å². The Morgan fingerprint density at radius 1 is 1.47 bits per heavy atom. The molecule has 0 aliphatic carbocycles. The number of nitrogens with two attached hydrogens (primary N) is 1. The second kappa shape index (κ2) is 5.32. The molecule has 1 atom stereocenters. The number of carbonyl (C=O) groups is 1. The third-order valence-corrected chi connectivity index (χ3v) is 3.45. The van der Waals surface area contributed by atoms with E-state index in [1.807, 2.05) is 17.0 Å². The zero-order valence-electron chi connectivity index (χ0n) is 10.4. The van der Waals surface area contributed by atoms with E-state index in [2.05, 4.69) is 19.1 Å². The summed E-state index contributed by atoms with van der Waals surface area (Å²) in [5.74, 6) is 0.237. The molecule has 2 N–H and O–H groups in total. The zero-order chi connectivity index (χ0) is 12.3. The van der Waals surface area contributed by atoms with Gasteiger partial charge in [-0.3, -0.25) is 4.79 Å². The van der Waals surface area contributed by atoms with Gasteiger partial charge in [-0.1, -0.05) is 24.3 Å². The minimum Gasteiger partial charge on any atom is -0.341 e. The minimum absolute atomic E-state index is 0.178. The van der Waals surface area contributed by atoms with Crippen LogP contribution in [0.3, 0.4) is 0 Å². The van der Waals surface area contributed by atoms with E-state index in [1.165, 1.54) is 11.1 Å². The van der Waals surface area contributed by atoms with Crippen molar-refractivity contribution in [3.05, 3.63) is 35.4 Å². The topological polar surface area (TPSA) is 46.3 Å². The molecule has 1 heterocycles. The first-order chi connectivity index (χ1) is 8.16. The maximum Gasteiger partial charge on any atom is 0.222 e. The molecule has 0 unspecified atom stereocenters. The third kappa shape index (κ3) is 3.07. The molecule has 0 bridgehead atoms. The van der Waals surface area contributed by atoms with Crippen molar-refractivity contribution in [2.45, 2.75) is 32.2 Å². The van der Waals surface area contributed by atoms with Gasteiger partial charge >= 0.3 is 0 Å². The summed E-state index contributed by atoms with van der Waals surface area (Å²) in [6, 6.07) is 8.42. The number of aryl methyl sites for hydroxylation is 2. The number of nitrogens with zero attached hydrogens (tertiary/aromatic N) is 1. The first kappa shape index (κ1) is 12.1. The highest BCUT2D eigenvalue weighted by molar-refractivity contribution is 5.76. The van der Waals surface area contributed by atoms with Crippen LogP contribution >= 0.6 is 0 Å². The molecule has 17 heavy (non-hydrogen) atoms. The van der Waals surface area contributed by atoms with E-state index < -0.39 is 0 Å². The average molecular weight is 232 g/mol. The summed E-state index contributed by atoms with van der Waals surface area (Å²) >= 11 is 0. The summed E-state index contributed by atoms with van der Waals surface area (Å²) in [6.45, 7) is 3.64. The highest BCUT2D eigenvalue weighted by Crippen LogP contribution is 2.13. The summed E-state index contributed by atoms with van der Waals surface area (Å²) < 4.78 is 0. The first-order valence-corrected chi connectivity index (χ1v) is 6.24. The number of carbonyl (C=O) groups excluding carboxylic acids is 1. The lowest BCUT2D eigenvalue weighted by molar-refractivity contribution is -0.130. The Balaban J connectivity index is 1.86. The van der Waals surface area contributed by atoms with Crippen LogP contribution < -0.4 is 5.73 Å². The third-order valence-electron chi connectivity index (χ3n) is 3.45. The van der Waals surface area contributed by atoms with E-state index in [1.54, 1.807) is 0 Å². The average Bonchev–Trinajstić information content (AvgIpc) is 2.74. The fraction of sp³-hybridized carbons (Fsp3) is 0.500. The van der Waals surface area contributed by atoms with Crippen LogP contribution in [0.5, 0.6) is 0 Å². The maximum atomic E-state index is 11.9. The Morgan fingerprint density at radius 3 is 2.88 bits per heavy atom.